The highest BCUT2D eigenvalue weighted by atomic mass is 16.8. The standard InChI is InChI=1S/C12H20O2/c1-2-6-10(7-3-1)13-12-9-5-4-8-11(12)14-12/h10-11H,1-9H2. The van der Waals surface area contributed by atoms with Crippen LogP contribution in [-0.4, -0.2) is 18.0 Å². The molecule has 3 aliphatic rings. The van der Waals surface area contributed by atoms with Crippen molar-refractivity contribution >= 4 is 0 Å². The second kappa shape index (κ2) is 3.49. The van der Waals surface area contributed by atoms with Gasteiger partial charge >= 0.3 is 0 Å². The van der Waals surface area contributed by atoms with Crippen LogP contribution in [0.2, 0.25) is 0 Å². The van der Waals surface area contributed by atoms with Crippen molar-refractivity contribution in [2.24, 2.45) is 0 Å². The fourth-order valence-electron chi connectivity index (χ4n) is 3.03. The second-order valence-corrected chi connectivity index (χ2v) is 5.04. The molecular weight excluding hydrogens is 176 g/mol. The molecule has 2 aliphatic carbocycles. The molecule has 0 spiro atoms. The van der Waals surface area contributed by atoms with Gasteiger partial charge in [-0.05, 0) is 25.7 Å². The van der Waals surface area contributed by atoms with E-state index in [-0.39, 0.29) is 5.79 Å². The molecule has 0 aromatic carbocycles. The van der Waals surface area contributed by atoms with Gasteiger partial charge in [0.15, 0.2) is 5.79 Å². The monoisotopic (exact) mass is 196 g/mol. The molecule has 2 nitrogen and oxygen atoms in total. The molecule has 0 N–H and O–H groups in total. The Morgan fingerprint density at radius 1 is 0.929 bits per heavy atom. The van der Waals surface area contributed by atoms with E-state index in [0.29, 0.717) is 12.2 Å². The van der Waals surface area contributed by atoms with Crippen LogP contribution in [0.4, 0.5) is 0 Å². The van der Waals surface area contributed by atoms with Crippen molar-refractivity contribution in [3.8, 4) is 0 Å². The Hall–Kier alpha value is -0.0800. The van der Waals surface area contributed by atoms with Crippen LogP contribution >= 0.6 is 0 Å². The second-order valence-electron chi connectivity index (χ2n) is 5.04. The maximum absolute atomic E-state index is 6.17. The third-order valence-electron chi connectivity index (χ3n) is 3.93. The van der Waals surface area contributed by atoms with Gasteiger partial charge < -0.3 is 9.47 Å². The summed E-state index contributed by atoms with van der Waals surface area (Å²) in [6, 6.07) is 0. The third-order valence-corrected chi connectivity index (χ3v) is 3.93. The zero-order valence-corrected chi connectivity index (χ0v) is 8.84. The molecule has 1 aliphatic heterocycles. The molecular formula is C12H20O2. The van der Waals surface area contributed by atoms with Crippen molar-refractivity contribution in [2.75, 3.05) is 0 Å². The van der Waals surface area contributed by atoms with E-state index in [9.17, 15) is 0 Å². The fourth-order valence-corrected chi connectivity index (χ4v) is 3.03. The highest BCUT2D eigenvalue weighted by molar-refractivity contribution is 4.98. The Kier molecular flexibility index (Phi) is 2.29. The van der Waals surface area contributed by atoms with Gasteiger partial charge in [-0.25, -0.2) is 0 Å². The number of fused-ring (bicyclic) bond motifs is 1. The number of ether oxygens (including phenoxy) is 2. The number of epoxide rings is 1. The van der Waals surface area contributed by atoms with Crippen LogP contribution < -0.4 is 0 Å². The minimum Gasteiger partial charge on any atom is -0.344 e. The van der Waals surface area contributed by atoms with E-state index in [1.54, 1.807) is 0 Å². The Labute approximate surface area is 86.0 Å². The average molecular weight is 196 g/mol. The van der Waals surface area contributed by atoms with Gasteiger partial charge in [-0.1, -0.05) is 25.7 Å². The van der Waals surface area contributed by atoms with Crippen LogP contribution in [0.1, 0.15) is 57.8 Å². The lowest BCUT2D eigenvalue weighted by molar-refractivity contribution is -0.108. The molecule has 0 amide bonds. The summed E-state index contributed by atoms with van der Waals surface area (Å²) in [5, 5.41) is 0. The Balaban J connectivity index is 1.56. The number of rotatable bonds is 2. The highest BCUT2D eigenvalue weighted by Crippen LogP contribution is 2.50. The SMILES string of the molecule is C1CCC(OC23CCCCC2O3)CC1. The lowest BCUT2D eigenvalue weighted by Crippen LogP contribution is -2.30. The summed E-state index contributed by atoms with van der Waals surface area (Å²) in [5.74, 6) is -0.0970. The van der Waals surface area contributed by atoms with E-state index in [1.165, 1.54) is 51.4 Å². The predicted octanol–water partition coefficient (Wildman–Crippen LogP) is 3.00. The molecule has 2 heteroatoms. The lowest BCUT2D eigenvalue weighted by atomic mass is 9.95. The molecule has 0 radical (unpaired) electrons. The van der Waals surface area contributed by atoms with Gasteiger partial charge in [0.1, 0.15) is 6.10 Å². The minimum atomic E-state index is -0.0970. The highest BCUT2D eigenvalue weighted by Gasteiger charge is 2.59. The van der Waals surface area contributed by atoms with E-state index < -0.39 is 0 Å². The van der Waals surface area contributed by atoms with Gasteiger partial charge in [0.2, 0.25) is 0 Å². The predicted molar refractivity (Wildman–Crippen MR) is 54.0 cm³/mol. The molecule has 80 valence electrons. The zero-order chi connectivity index (χ0) is 9.43. The van der Waals surface area contributed by atoms with Crippen molar-refractivity contribution in [1.82, 2.24) is 0 Å². The molecule has 2 saturated carbocycles. The minimum absolute atomic E-state index is 0.0970. The molecule has 1 saturated heterocycles. The van der Waals surface area contributed by atoms with Crippen LogP contribution in [0.15, 0.2) is 0 Å². The van der Waals surface area contributed by atoms with Crippen molar-refractivity contribution < 1.29 is 9.47 Å². The molecule has 14 heavy (non-hydrogen) atoms. The van der Waals surface area contributed by atoms with Gasteiger partial charge in [-0.2, -0.15) is 0 Å². The lowest BCUT2D eigenvalue weighted by Gasteiger charge is -2.27. The van der Waals surface area contributed by atoms with Gasteiger partial charge in [0.05, 0.1) is 6.10 Å². The van der Waals surface area contributed by atoms with E-state index in [4.69, 9.17) is 9.47 Å². The topological polar surface area (TPSA) is 21.8 Å². The van der Waals surface area contributed by atoms with Crippen molar-refractivity contribution in [3.05, 3.63) is 0 Å². The summed E-state index contributed by atoms with van der Waals surface area (Å²) in [6.45, 7) is 0. The van der Waals surface area contributed by atoms with Crippen LogP contribution in [0, 0.1) is 0 Å². The summed E-state index contributed by atoms with van der Waals surface area (Å²) in [7, 11) is 0. The van der Waals surface area contributed by atoms with Crippen molar-refractivity contribution in [1.29, 1.82) is 0 Å². The Morgan fingerprint density at radius 2 is 1.71 bits per heavy atom. The van der Waals surface area contributed by atoms with Crippen molar-refractivity contribution in [2.45, 2.75) is 75.8 Å². The molecule has 3 rings (SSSR count). The zero-order valence-electron chi connectivity index (χ0n) is 8.84. The molecule has 0 bridgehead atoms. The van der Waals surface area contributed by atoms with Gasteiger partial charge in [0.25, 0.3) is 0 Å². The summed E-state index contributed by atoms with van der Waals surface area (Å²) >= 11 is 0. The van der Waals surface area contributed by atoms with Crippen molar-refractivity contribution in [3.63, 3.8) is 0 Å². The maximum atomic E-state index is 6.17. The quantitative estimate of drug-likeness (QED) is 0.633. The Morgan fingerprint density at radius 3 is 2.50 bits per heavy atom. The van der Waals surface area contributed by atoms with Crippen LogP contribution in [0.25, 0.3) is 0 Å². The number of hydrogen-bond acceptors (Lipinski definition) is 2. The van der Waals surface area contributed by atoms with Crippen LogP contribution in [-0.2, 0) is 9.47 Å². The van der Waals surface area contributed by atoms with Gasteiger partial charge in [0, 0.05) is 6.42 Å². The molecule has 2 atom stereocenters. The Bertz CT molecular complexity index is 210. The molecule has 0 aromatic rings. The largest absolute Gasteiger partial charge is 0.344 e. The normalized spacial score (nSPS) is 43.3. The first kappa shape index (κ1) is 9.17. The summed E-state index contributed by atoms with van der Waals surface area (Å²) in [6.07, 6.45) is 12.6. The molecule has 3 fully saturated rings. The van der Waals surface area contributed by atoms with E-state index >= 15 is 0 Å². The third kappa shape index (κ3) is 1.59. The average Bonchev–Trinajstić information content (AvgIpc) is 2.93. The van der Waals surface area contributed by atoms with Gasteiger partial charge in [-0.15, -0.1) is 0 Å². The summed E-state index contributed by atoms with van der Waals surface area (Å²) in [5.41, 5.74) is 0. The van der Waals surface area contributed by atoms with Gasteiger partial charge in [-0.3, -0.25) is 0 Å². The number of hydrogen-bond donors (Lipinski definition) is 0. The maximum Gasteiger partial charge on any atom is 0.195 e. The molecule has 2 unspecified atom stereocenters. The van der Waals surface area contributed by atoms with E-state index in [2.05, 4.69) is 0 Å². The smallest absolute Gasteiger partial charge is 0.195 e. The summed E-state index contributed by atoms with van der Waals surface area (Å²) < 4.78 is 11.9. The first-order valence-corrected chi connectivity index (χ1v) is 6.25. The van der Waals surface area contributed by atoms with E-state index in [1.807, 2.05) is 0 Å². The van der Waals surface area contributed by atoms with Crippen LogP contribution in [0.5, 0.6) is 0 Å². The first-order chi connectivity index (χ1) is 6.89. The molecule has 1 heterocycles. The first-order valence-electron chi connectivity index (χ1n) is 6.25. The summed E-state index contributed by atoms with van der Waals surface area (Å²) in [4.78, 5) is 0. The van der Waals surface area contributed by atoms with E-state index in [0.717, 1.165) is 6.42 Å². The van der Waals surface area contributed by atoms with Crippen LogP contribution in [0.3, 0.4) is 0 Å². The molecule has 0 aromatic heterocycles. The fraction of sp³-hybridized carbons (Fsp3) is 1.00.